The van der Waals surface area contributed by atoms with E-state index < -0.39 is 5.97 Å². The summed E-state index contributed by atoms with van der Waals surface area (Å²) in [5, 5.41) is 11.2. The normalized spacial score (nSPS) is 14.3. The molecule has 3 aromatic rings. The number of hydrogen-bond acceptors (Lipinski definition) is 3. The molecule has 1 heterocycles. The number of carboxylic acid groups (broad SMARTS) is 1. The van der Waals surface area contributed by atoms with E-state index in [-0.39, 0.29) is 12.3 Å². The molecule has 0 saturated carbocycles. The SMILES string of the molecule is O=C(O)Cc1ccccc1N1CCN(C(=O)c2cccc3ccccc23)CC1. The molecule has 0 aromatic heterocycles. The third kappa shape index (κ3) is 3.56. The lowest BCUT2D eigenvalue weighted by Crippen LogP contribution is -2.49. The van der Waals surface area contributed by atoms with Crippen molar-refractivity contribution in [3.63, 3.8) is 0 Å². The molecule has 28 heavy (non-hydrogen) atoms. The molecule has 0 unspecified atom stereocenters. The molecule has 1 aliphatic heterocycles. The molecule has 5 nitrogen and oxygen atoms in total. The molecular weight excluding hydrogens is 352 g/mol. The number of rotatable bonds is 4. The molecular formula is C23H22N2O3. The minimum absolute atomic E-state index is 0.00528. The van der Waals surface area contributed by atoms with Crippen LogP contribution in [0.2, 0.25) is 0 Å². The fourth-order valence-electron chi connectivity index (χ4n) is 3.86. The van der Waals surface area contributed by atoms with E-state index in [1.807, 2.05) is 71.6 Å². The number of anilines is 1. The number of nitrogens with zero attached hydrogens (tertiary/aromatic N) is 2. The number of benzene rings is 3. The Morgan fingerprint density at radius 2 is 1.50 bits per heavy atom. The molecule has 1 aliphatic rings. The lowest BCUT2D eigenvalue weighted by Gasteiger charge is -2.37. The van der Waals surface area contributed by atoms with Gasteiger partial charge in [-0.15, -0.1) is 0 Å². The topological polar surface area (TPSA) is 60.9 Å². The second-order valence-electron chi connectivity index (χ2n) is 7.01. The van der Waals surface area contributed by atoms with Gasteiger partial charge in [0.25, 0.3) is 5.91 Å². The molecule has 5 heteroatoms. The summed E-state index contributed by atoms with van der Waals surface area (Å²) < 4.78 is 0. The molecule has 4 rings (SSSR count). The van der Waals surface area contributed by atoms with Crippen LogP contribution in [0.5, 0.6) is 0 Å². The van der Waals surface area contributed by atoms with Gasteiger partial charge in [0.1, 0.15) is 0 Å². The summed E-state index contributed by atoms with van der Waals surface area (Å²) >= 11 is 0. The summed E-state index contributed by atoms with van der Waals surface area (Å²) in [6.07, 6.45) is 0.00528. The van der Waals surface area contributed by atoms with Gasteiger partial charge in [-0.25, -0.2) is 0 Å². The number of carbonyl (C=O) groups is 2. The maximum atomic E-state index is 13.1. The maximum Gasteiger partial charge on any atom is 0.307 e. The van der Waals surface area contributed by atoms with Gasteiger partial charge in [0.05, 0.1) is 6.42 Å². The Balaban J connectivity index is 1.50. The van der Waals surface area contributed by atoms with Crippen LogP contribution in [0.25, 0.3) is 10.8 Å². The molecule has 0 spiro atoms. The van der Waals surface area contributed by atoms with Gasteiger partial charge in [-0.1, -0.05) is 54.6 Å². The number of carboxylic acids is 1. The first-order valence-corrected chi connectivity index (χ1v) is 9.45. The lowest BCUT2D eigenvalue weighted by atomic mass is 10.0. The van der Waals surface area contributed by atoms with Gasteiger partial charge in [-0.05, 0) is 28.5 Å². The van der Waals surface area contributed by atoms with E-state index in [4.69, 9.17) is 5.11 Å². The molecule has 1 fully saturated rings. The highest BCUT2D eigenvalue weighted by Crippen LogP contribution is 2.24. The summed E-state index contributed by atoms with van der Waals surface area (Å²) in [6, 6.07) is 21.4. The average molecular weight is 374 g/mol. The van der Waals surface area contributed by atoms with Crippen molar-refractivity contribution in [2.75, 3.05) is 31.1 Å². The lowest BCUT2D eigenvalue weighted by molar-refractivity contribution is -0.136. The third-order valence-corrected chi connectivity index (χ3v) is 5.26. The molecule has 0 radical (unpaired) electrons. The minimum atomic E-state index is -0.836. The van der Waals surface area contributed by atoms with Gasteiger partial charge in [-0.3, -0.25) is 9.59 Å². The minimum Gasteiger partial charge on any atom is -0.481 e. The zero-order valence-corrected chi connectivity index (χ0v) is 15.5. The fraction of sp³-hybridized carbons (Fsp3) is 0.217. The highest BCUT2D eigenvalue weighted by molar-refractivity contribution is 6.07. The van der Waals surface area contributed by atoms with Gasteiger partial charge in [-0.2, -0.15) is 0 Å². The van der Waals surface area contributed by atoms with E-state index >= 15 is 0 Å². The van der Waals surface area contributed by atoms with Crippen molar-refractivity contribution in [3.05, 3.63) is 77.9 Å². The summed E-state index contributed by atoms with van der Waals surface area (Å²) in [6.45, 7) is 2.60. The number of fused-ring (bicyclic) bond motifs is 1. The Morgan fingerprint density at radius 1 is 0.821 bits per heavy atom. The van der Waals surface area contributed by atoms with Gasteiger partial charge in [0.15, 0.2) is 0 Å². The van der Waals surface area contributed by atoms with Gasteiger partial charge >= 0.3 is 5.97 Å². The quantitative estimate of drug-likeness (QED) is 0.760. The van der Waals surface area contributed by atoms with E-state index in [2.05, 4.69) is 4.90 Å². The van der Waals surface area contributed by atoms with Crippen molar-refractivity contribution in [1.82, 2.24) is 4.90 Å². The van der Waals surface area contributed by atoms with Crippen LogP contribution in [-0.2, 0) is 11.2 Å². The zero-order chi connectivity index (χ0) is 19.5. The smallest absolute Gasteiger partial charge is 0.307 e. The average Bonchev–Trinajstić information content (AvgIpc) is 2.73. The number of piperazine rings is 1. The maximum absolute atomic E-state index is 13.1. The van der Waals surface area contributed by atoms with Crippen LogP contribution in [0, 0.1) is 0 Å². The van der Waals surface area contributed by atoms with Crippen LogP contribution >= 0.6 is 0 Å². The summed E-state index contributed by atoms with van der Waals surface area (Å²) in [5.41, 5.74) is 2.49. The first kappa shape index (κ1) is 18.0. The predicted molar refractivity (Wildman–Crippen MR) is 110 cm³/mol. The Hall–Kier alpha value is -3.34. The van der Waals surface area contributed by atoms with E-state index in [1.165, 1.54) is 0 Å². The van der Waals surface area contributed by atoms with Crippen molar-refractivity contribution in [2.24, 2.45) is 0 Å². The van der Waals surface area contributed by atoms with Crippen LogP contribution in [0.3, 0.4) is 0 Å². The molecule has 3 aromatic carbocycles. The highest BCUT2D eigenvalue weighted by Gasteiger charge is 2.24. The van der Waals surface area contributed by atoms with Crippen molar-refractivity contribution in [1.29, 1.82) is 0 Å². The van der Waals surface area contributed by atoms with E-state index in [9.17, 15) is 9.59 Å². The van der Waals surface area contributed by atoms with Crippen LogP contribution in [0.1, 0.15) is 15.9 Å². The van der Waals surface area contributed by atoms with E-state index in [0.717, 1.165) is 27.6 Å². The van der Waals surface area contributed by atoms with Gasteiger partial charge in [0, 0.05) is 37.4 Å². The van der Waals surface area contributed by atoms with Crippen molar-refractivity contribution in [2.45, 2.75) is 6.42 Å². The molecule has 0 atom stereocenters. The number of hydrogen-bond donors (Lipinski definition) is 1. The largest absolute Gasteiger partial charge is 0.481 e. The molecule has 0 aliphatic carbocycles. The van der Waals surface area contributed by atoms with Crippen LogP contribution in [-0.4, -0.2) is 48.1 Å². The number of carbonyl (C=O) groups excluding carboxylic acids is 1. The van der Waals surface area contributed by atoms with Gasteiger partial charge < -0.3 is 14.9 Å². The zero-order valence-electron chi connectivity index (χ0n) is 15.5. The highest BCUT2D eigenvalue weighted by atomic mass is 16.4. The molecule has 0 bridgehead atoms. The Kier molecular flexibility index (Phi) is 4.98. The number of aliphatic carboxylic acids is 1. The van der Waals surface area contributed by atoms with Crippen LogP contribution in [0.15, 0.2) is 66.7 Å². The first-order chi connectivity index (χ1) is 13.6. The molecule has 1 N–H and O–H groups in total. The van der Waals surface area contributed by atoms with Crippen molar-refractivity contribution in [3.8, 4) is 0 Å². The van der Waals surface area contributed by atoms with Crippen LogP contribution in [0.4, 0.5) is 5.69 Å². The van der Waals surface area contributed by atoms with Crippen molar-refractivity contribution < 1.29 is 14.7 Å². The first-order valence-electron chi connectivity index (χ1n) is 9.45. The van der Waals surface area contributed by atoms with E-state index in [1.54, 1.807) is 0 Å². The molecule has 1 saturated heterocycles. The Bertz CT molecular complexity index is 1020. The van der Waals surface area contributed by atoms with Crippen molar-refractivity contribution >= 4 is 28.3 Å². The Morgan fingerprint density at radius 3 is 2.29 bits per heavy atom. The standard InChI is InChI=1S/C23H22N2O3/c26-22(27)16-18-7-2-4-11-21(18)24-12-14-25(15-13-24)23(28)20-10-5-8-17-6-1-3-9-19(17)20/h1-11H,12-16H2,(H,26,27). The fourth-order valence-corrected chi connectivity index (χ4v) is 3.86. The number of amides is 1. The second kappa shape index (κ2) is 7.72. The second-order valence-corrected chi connectivity index (χ2v) is 7.01. The summed E-state index contributed by atoms with van der Waals surface area (Å²) in [5.74, 6) is -0.785. The number of para-hydroxylation sites is 1. The molecule has 1 amide bonds. The summed E-state index contributed by atoms with van der Waals surface area (Å²) in [4.78, 5) is 28.3. The monoisotopic (exact) mass is 374 g/mol. The third-order valence-electron chi connectivity index (χ3n) is 5.26. The Labute approximate surface area is 163 Å². The predicted octanol–water partition coefficient (Wildman–Crippen LogP) is 3.43. The van der Waals surface area contributed by atoms with Gasteiger partial charge in [0.2, 0.25) is 0 Å². The van der Waals surface area contributed by atoms with E-state index in [0.29, 0.717) is 26.2 Å². The summed E-state index contributed by atoms with van der Waals surface area (Å²) in [7, 11) is 0. The van der Waals surface area contributed by atoms with Crippen LogP contribution < -0.4 is 4.90 Å². The molecule has 142 valence electrons.